The Kier molecular flexibility index (Phi) is 23.4. The van der Waals surface area contributed by atoms with Crippen LogP contribution in [0.2, 0.25) is 36.3 Å². The van der Waals surface area contributed by atoms with Crippen molar-refractivity contribution in [3.63, 3.8) is 0 Å². The van der Waals surface area contributed by atoms with Gasteiger partial charge in [-0.1, -0.05) is 135 Å². The Morgan fingerprint density at radius 1 is 0.570 bits per heavy atom. The van der Waals surface area contributed by atoms with Gasteiger partial charge in [0, 0.05) is 36.8 Å². The van der Waals surface area contributed by atoms with Crippen molar-refractivity contribution in [2.75, 3.05) is 83.4 Å². The number of benzene rings is 4. The fraction of sp³-hybridized carbons (Fsp3) is 0.515. The van der Waals surface area contributed by atoms with Crippen molar-refractivity contribution in [3.05, 3.63) is 107 Å². The molecule has 0 aromatic heterocycles. The second-order valence-electron chi connectivity index (χ2n) is 26.8. The van der Waals surface area contributed by atoms with E-state index < -0.39 is 86.0 Å². The van der Waals surface area contributed by atoms with E-state index in [0.29, 0.717) is 44.4 Å². The normalized spacial score (nSPS) is 18.6. The molecule has 0 saturated carbocycles. The van der Waals surface area contributed by atoms with Gasteiger partial charge in [-0.2, -0.15) is 0 Å². The van der Waals surface area contributed by atoms with Crippen molar-refractivity contribution in [2.24, 2.45) is 0 Å². The van der Waals surface area contributed by atoms with Gasteiger partial charge in [0.05, 0.1) is 68.6 Å². The predicted octanol–water partition coefficient (Wildman–Crippen LogP) is 16.1. The second kappa shape index (κ2) is 29.6. The van der Waals surface area contributed by atoms with Crippen molar-refractivity contribution in [2.45, 2.75) is 148 Å². The zero-order chi connectivity index (χ0) is 68.3. The minimum absolute atomic E-state index is 0.110. The fourth-order valence-electron chi connectivity index (χ4n) is 10.7. The monoisotopic (exact) mass is 1440 g/mol. The van der Waals surface area contributed by atoms with E-state index in [1.54, 1.807) is 46.3 Å². The van der Waals surface area contributed by atoms with Crippen LogP contribution >= 0.6 is 69.6 Å². The van der Waals surface area contributed by atoms with Gasteiger partial charge in [0.25, 0.3) is 11.8 Å². The average Bonchev–Trinajstić information content (AvgIpc) is 1.60. The highest BCUT2D eigenvalue weighted by atomic mass is 35.6. The van der Waals surface area contributed by atoms with Crippen LogP contribution in [-0.4, -0.2) is 155 Å². The molecule has 4 atom stereocenters. The smallest absolute Gasteiger partial charge is 0.416 e. The Bertz CT molecular complexity index is 3440. The molecule has 2 unspecified atom stereocenters. The molecule has 508 valence electrons. The highest BCUT2D eigenvalue weighted by molar-refractivity contribution is 6.74. The molecule has 4 aromatic carbocycles. The highest BCUT2D eigenvalue weighted by Gasteiger charge is 2.54. The van der Waals surface area contributed by atoms with E-state index in [1.807, 2.05) is 62.8 Å². The number of nitrogens with zero attached hydrogens (tertiary/aromatic N) is 5. The third-order valence-electron chi connectivity index (χ3n) is 17.7. The molecule has 4 aliphatic heterocycles. The quantitative estimate of drug-likeness (QED) is 0.0319. The molecular weight excluding hydrogens is 1350 g/mol. The first kappa shape index (κ1) is 73.5. The molecule has 19 nitrogen and oxygen atoms in total. The molecule has 4 aliphatic rings. The average molecular weight is 1440 g/mol. The molecule has 0 spiro atoms. The minimum Gasteiger partial charge on any atom is -0.494 e. The summed E-state index contributed by atoms with van der Waals surface area (Å²) in [4.78, 5) is 67.9. The maximum atomic E-state index is 15.2. The topological polar surface area (TPSA) is 194 Å². The van der Waals surface area contributed by atoms with Crippen LogP contribution in [0.15, 0.2) is 85.2 Å². The number of hydrogen-bond donors (Lipinski definition) is 1. The summed E-state index contributed by atoms with van der Waals surface area (Å²) in [5.41, 5.74) is 10.6. The molecule has 0 radical (unpaired) electrons. The molecular formula is C66H86Cl6N6O13Si2. The number of carbonyl (C=O) groups excluding carboxylic acids is 4. The van der Waals surface area contributed by atoms with E-state index in [0.717, 1.165) is 41.0 Å². The van der Waals surface area contributed by atoms with Gasteiger partial charge in [-0.3, -0.25) is 9.59 Å². The van der Waals surface area contributed by atoms with Gasteiger partial charge in [0.2, 0.25) is 7.59 Å². The van der Waals surface area contributed by atoms with Crippen LogP contribution in [0.25, 0.3) is 11.1 Å². The number of carbonyl (C=O) groups is 4. The molecule has 0 aliphatic carbocycles. The first-order valence-electron chi connectivity index (χ1n) is 30.8. The Morgan fingerprint density at radius 2 is 1.00 bits per heavy atom. The summed E-state index contributed by atoms with van der Waals surface area (Å²) in [6.45, 7) is 21.4. The molecule has 4 amide bonds. The van der Waals surface area contributed by atoms with Crippen LogP contribution in [0.1, 0.15) is 112 Å². The molecule has 0 bridgehead atoms. The van der Waals surface area contributed by atoms with E-state index in [-0.39, 0.29) is 68.8 Å². The third-order valence-corrected chi connectivity index (χ3v) is 27.2. The Hall–Kier alpha value is -5.31. The van der Waals surface area contributed by atoms with Crippen molar-refractivity contribution < 1.29 is 61.2 Å². The maximum absolute atomic E-state index is 15.2. The van der Waals surface area contributed by atoms with E-state index >= 15 is 9.59 Å². The standard InChI is InChI=1S/C66H86Cl6N6O13Si2/c1-63(2,3)92(11,12)90-59-51-31-43(41-22-24-46(25-23-41)85-29-19-26-74(7)8)37-75(51)57(79)47-33-53(83-9)55(35-49(47)77(59)61(81)88-39-65(67,68)69)86-27-16-15-17-28-87-56-36-50-48(34-54(56)84-10)58(80)76-38-44(42-20-18-21-45(73)30-42)32-52(76)60(91-93(13,14)64(4,5)6)78(50)62(82)89-40-66(70,71)72/h18,20-25,30,33-38,51-52,59-60H,15-17,19,26-29,31-32,39-40,73H2,1-14H3/t51-,52-,59?,60?/m0/s1. The number of hydrogen-bond acceptors (Lipinski definition) is 15. The highest BCUT2D eigenvalue weighted by Crippen LogP contribution is 2.50. The number of methoxy groups -OCH3 is 2. The number of amides is 4. The first-order chi connectivity index (χ1) is 43.4. The van der Waals surface area contributed by atoms with Gasteiger partial charge in [0.15, 0.2) is 52.1 Å². The summed E-state index contributed by atoms with van der Waals surface area (Å²) >= 11 is 37.1. The summed E-state index contributed by atoms with van der Waals surface area (Å²) in [6, 6.07) is 19.9. The maximum Gasteiger partial charge on any atom is 0.416 e. The van der Waals surface area contributed by atoms with E-state index in [4.69, 9.17) is 117 Å². The van der Waals surface area contributed by atoms with Crippen molar-refractivity contribution in [1.29, 1.82) is 0 Å². The third kappa shape index (κ3) is 17.7. The molecule has 2 N–H and O–H groups in total. The van der Waals surface area contributed by atoms with Crippen molar-refractivity contribution >= 4 is 138 Å². The van der Waals surface area contributed by atoms with Gasteiger partial charge >= 0.3 is 12.2 Å². The molecule has 4 aromatic rings. The number of halogens is 6. The number of unbranched alkanes of at least 4 members (excludes halogenated alkanes) is 2. The molecule has 8 rings (SSSR count). The number of alkyl halides is 6. The lowest BCUT2D eigenvalue weighted by Crippen LogP contribution is -2.58. The van der Waals surface area contributed by atoms with Crippen LogP contribution in [0.3, 0.4) is 0 Å². The molecule has 93 heavy (non-hydrogen) atoms. The molecule has 4 heterocycles. The van der Waals surface area contributed by atoms with Gasteiger partial charge in [-0.25, -0.2) is 19.4 Å². The number of fused-ring (bicyclic) bond motifs is 4. The van der Waals surface area contributed by atoms with Crippen LogP contribution in [-0.2, 0) is 18.3 Å². The predicted molar refractivity (Wildman–Crippen MR) is 374 cm³/mol. The lowest BCUT2D eigenvalue weighted by atomic mass is 10.0. The largest absolute Gasteiger partial charge is 0.494 e. The van der Waals surface area contributed by atoms with E-state index in [2.05, 4.69) is 72.6 Å². The molecule has 27 heteroatoms. The number of nitrogen functional groups attached to an aromatic ring is 1. The van der Waals surface area contributed by atoms with Crippen LogP contribution in [0.5, 0.6) is 28.7 Å². The summed E-state index contributed by atoms with van der Waals surface area (Å²) < 4.78 is 52.8. The first-order valence-corrected chi connectivity index (χ1v) is 38.9. The number of rotatable bonds is 23. The number of ether oxygens (including phenoxy) is 7. The SMILES string of the molecule is COc1cc2c(cc1OCCCCCOc1cc3c(cc1OC)C(=O)N1C=C(c4cccc(N)c4)C[C@H]1C(O[Si](C)(C)C(C)(C)C)N3C(=O)OCC(Cl)(Cl)Cl)N(C(=O)OCC(Cl)(Cl)Cl)C(O[Si](C)(C)C(C)(C)C)[C@@H]1CC(c3ccc(OCCCN(C)C)cc3)=CN1C2=O. The van der Waals surface area contributed by atoms with Gasteiger partial charge in [-0.05, 0) is 148 Å². The van der Waals surface area contributed by atoms with Gasteiger partial charge in [0.1, 0.15) is 19.0 Å². The van der Waals surface area contributed by atoms with E-state index in [1.165, 1.54) is 24.0 Å². The van der Waals surface area contributed by atoms with Crippen molar-refractivity contribution in [3.8, 4) is 28.7 Å². The minimum atomic E-state index is -2.79. The van der Waals surface area contributed by atoms with Crippen LogP contribution < -0.4 is 39.2 Å². The van der Waals surface area contributed by atoms with Crippen LogP contribution in [0.4, 0.5) is 26.7 Å². The number of anilines is 3. The van der Waals surface area contributed by atoms with Crippen molar-refractivity contribution in [1.82, 2.24) is 14.7 Å². The lowest BCUT2D eigenvalue weighted by Gasteiger charge is -2.44. The summed E-state index contributed by atoms with van der Waals surface area (Å²) in [7, 11) is 1.40. The molecule has 0 fully saturated rings. The summed E-state index contributed by atoms with van der Waals surface area (Å²) in [6.07, 6.45) is 2.64. The van der Waals surface area contributed by atoms with Gasteiger partial charge < -0.3 is 62.4 Å². The fourth-order valence-corrected chi connectivity index (χ4v) is 13.5. The Morgan fingerprint density at radius 3 is 1.40 bits per heavy atom. The molecule has 0 saturated heterocycles. The summed E-state index contributed by atoms with van der Waals surface area (Å²) in [5, 5.41) is -0.685. The summed E-state index contributed by atoms with van der Waals surface area (Å²) in [5.74, 6) is 0.820. The van der Waals surface area contributed by atoms with Gasteiger partial charge in [-0.15, -0.1) is 0 Å². The zero-order valence-corrected chi connectivity index (χ0v) is 61.8. The Labute approximate surface area is 578 Å². The Balaban J connectivity index is 1.06. The number of nitrogens with two attached hydrogens (primary N) is 1. The second-order valence-corrected chi connectivity index (χ2v) is 41.4. The lowest BCUT2D eigenvalue weighted by molar-refractivity contribution is 0.0584. The van der Waals surface area contributed by atoms with E-state index in [9.17, 15) is 9.59 Å². The zero-order valence-electron chi connectivity index (χ0n) is 55.3. The van der Waals surface area contributed by atoms with Crippen LogP contribution in [0, 0.1) is 0 Å².